The van der Waals surface area contributed by atoms with Gasteiger partial charge in [-0.15, -0.1) is 0 Å². The minimum absolute atomic E-state index is 0.160. The van der Waals surface area contributed by atoms with Crippen molar-refractivity contribution in [2.24, 2.45) is 5.92 Å². The van der Waals surface area contributed by atoms with Gasteiger partial charge in [0.25, 0.3) is 0 Å². The molecule has 1 aliphatic carbocycles. The summed E-state index contributed by atoms with van der Waals surface area (Å²) in [4.78, 5) is 2.50. The van der Waals surface area contributed by atoms with Crippen LogP contribution in [0.25, 0.3) is 0 Å². The van der Waals surface area contributed by atoms with Gasteiger partial charge in [0.2, 0.25) is 0 Å². The molecule has 1 saturated carbocycles. The average molecular weight is 314 g/mol. The monoisotopic (exact) mass is 313 g/mol. The fourth-order valence-electron chi connectivity index (χ4n) is 2.14. The van der Waals surface area contributed by atoms with Gasteiger partial charge in [-0.3, -0.25) is 4.90 Å². The largest absolute Gasteiger partial charge is 0.296 e. The van der Waals surface area contributed by atoms with E-state index >= 15 is 0 Å². The summed E-state index contributed by atoms with van der Waals surface area (Å²) in [5, 5.41) is 0. The standard InChI is InChI=1S/C15H21BrFN/c1-11(2)8-9-18(13-6-7-13)10-12-4-3-5-14(17)15(12)16/h3-5,11,13H,6-10H2,1-2H3. The highest BCUT2D eigenvalue weighted by Gasteiger charge is 2.29. The molecule has 1 nitrogen and oxygen atoms in total. The van der Waals surface area contributed by atoms with E-state index in [-0.39, 0.29) is 5.82 Å². The second kappa shape index (κ2) is 6.16. The lowest BCUT2D eigenvalue weighted by Crippen LogP contribution is -2.27. The molecule has 0 aliphatic heterocycles. The van der Waals surface area contributed by atoms with Crippen LogP contribution in [0, 0.1) is 11.7 Å². The summed E-state index contributed by atoms with van der Waals surface area (Å²) in [5.74, 6) is 0.564. The van der Waals surface area contributed by atoms with Crippen LogP contribution in [-0.2, 0) is 6.54 Å². The van der Waals surface area contributed by atoms with Crippen molar-refractivity contribution in [1.29, 1.82) is 0 Å². The quantitative estimate of drug-likeness (QED) is 0.742. The molecular weight excluding hydrogens is 293 g/mol. The van der Waals surface area contributed by atoms with Gasteiger partial charge in [0.05, 0.1) is 4.47 Å². The van der Waals surface area contributed by atoms with Gasteiger partial charge in [-0.05, 0) is 59.3 Å². The van der Waals surface area contributed by atoms with Gasteiger partial charge in [-0.2, -0.15) is 0 Å². The second-order valence-electron chi connectivity index (χ2n) is 5.60. The van der Waals surface area contributed by atoms with Crippen LogP contribution in [0.5, 0.6) is 0 Å². The highest BCUT2D eigenvalue weighted by atomic mass is 79.9. The van der Waals surface area contributed by atoms with Crippen molar-refractivity contribution in [2.45, 2.75) is 45.7 Å². The van der Waals surface area contributed by atoms with Crippen molar-refractivity contribution in [2.75, 3.05) is 6.54 Å². The van der Waals surface area contributed by atoms with Crippen LogP contribution in [-0.4, -0.2) is 17.5 Å². The second-order valence-corrected chi connectivity index (χ2v) is 6.39. The fourth-order valence-corrected chi connectivity index (χ4v) is 2.53. The Kier molecular flexibility index (Phi) is 4.79. The van der Waals surface area contributed by atoms with Crippen molar-refractivity contribution < 1.29 is 4.39 Å². The molecule has 100 valence electrons. The van der Waals surface area contributed by atoms with Crippen LogP contribution >= 0.6 is 15.9 Å². The predicted octanol–water partition coefficient (Wildman–Crippen LogP) is 4.60. The molecule has 1 aliphatic rings. The Balaban J connectivity index is 2.01. The molecule has 1 aromatic rings. The van der Waals surface area contributed by atoms with E-state index in [1.165, 1.54) is 25.3 Å². The average Bonchev–Trinajstić information content (AvgIpc) is 3.13. The van der Waals surface area contributed by atoms with Crippen LogP contribution in [0.2, 0.25) is 0 Å². The Labute approximate surface area is 118 Å². The molecule has 1 fully saturated rings. The van der Waals surface area contributed by atoms with E-state index in [1.807, 2.05) is 6.07 Å². The van der Waals surface area contributed by atoms with Crippen LogP contribution in [0.4, 0.5) is 4.39 Å². The topological polar surface area (TPSA) is 3.24 Å². The minimum Gasteiger partial charge on any atom is -0.296 e. The number of rotatable bonds is 6. The maximum atomic E-state index is 13.5. The summed E-state index contributed by atoms with van der Waals surface area (Å²) >= 11 is 3.36. The molecule has 0 unspecified atom stereocenters. The molecule has 3 heteroatoms. The zero-order chi connectivity index (χ0) is 13.1. The number of hydrogen-bond donors (Lipinski definition) is 0. The van der Waals surface area contributed by atoms with Gasteiger partial charge < -0.3 is 0 Å². The van der Waals surface area contributed by atoms with Crippen molar-refractivity contribution in [3.05, 3.63) is 34.1 Å². The molecule has 1 aromatic carbocycles. The Morgan fingerprint density at radius 2 is 2.11 bits per heavy atom. The lowest BCUT2D eigenvalue weighted by atomic mass is 10.1. The van der Waals surface area contributed by atoms with E-state index in [9.17, 15) is 4.39 Å². The first-order valence-electron chi connectivity index (χ1n) is 6.75. The third-order valence-corrected chi connectivity index (χ3v) is 4.35. The summed E-state index contributed by atoms with van der Waals surface area (Å²) in [6.45, 7) is 6.48. The van der Waals surface area contributed by atoms with E-state index in [0.717, 1.165) is 30.6 Å². The van der Waals surface area contributed by atoms with E-state index in [4.69, 9.17) is 0 Å². The SMILES string of the molecule is CC(C)CCN(Cc1cccc(F)c1Br)C1CC1. The van der Waals surface area contributed by atoms with Crippen molar-refractivity contribution in [3.63, 3.8) is 0 Å². The summed E-state index contributed by atoms with van der Waals surface area (Å²) in [6, 6.07) is 6.03. The first kappa shape index (κ1) is 14.0. The van der Waals surface area contributed by atoms with E-state index < -0.39 is 0 Å². The van der Waals surface area contributed by atoms with Crippen LogP contribution in [0.15, 0.2) is 22.7 Å². The van der Waals surface area contributed by atoms with Crippen molar-refractivity contribution >= 4 is 15.9 Å². The van der Waals surface area contributed by atoms with Crippen LogP contribution < -0.4 is 0 Å². The molecule has 0 saturated heterocycles. The van der Waals surface area contributed by atoms with Crippen LogP contribution in [0.1, 0.15) is 38.7 Å². The molecule has 2 rings (SSSR count). The Morgan fingerprint density at radius 1 is 1.39 bits per heavy atom. The molecule has 0 atom stereocenters. The zero-order valence-electron chi connectivity index (χ0n) is 11.1. The predicted molar refractivity (Wildman–Crippen MR) is 77.0 cm³/mol. The Morgan fingerprint density at radius 3 is 2.72 bits per heavy atom. The van der Waals surface area contributed by atoms with E-state index in [2.05, 4.69) is 34.7 Å². The molecule has 0 heterocycles. The van der Waals surface area contributed by atoms with Gasteiger partial charge in [-0.25, -0.2) is 4.39 Å². The lowest BCUT2D eigenvalue weighted by Gasteiger charge is -2.23. The summed E-state index contributed by atoms with van der Waals surface area (Å²) < 4.78 is 14.1. The smallest absolute Gasteiger partial charge is 0.137 e. The number of hydrogen-bond acceptors (Lipinski definition) is 1. The molecule has 0 aromatic heterocycles. The summed E-state index contributed by atoms with van der Waals surface area (Å²) in [5.41, 5.74) is 1.06. The highest BCUT2D eigenvalue weighted by Crippen LogP contribution is 2.31. The normalized spacial score (nSPS) is 15.7. The fraction of sp³-hybridized carbons (Fsp3) is 0.600. The molecular formula is C15H21BrFN. The van der Waals surface area contributed by atoms with Gasteiger partial charge in [0, 0.05) is 12.6 Å². The third kappa shape index (κ3) is 3.79. The van der Waals surface area contributed by atoms with Crippen molar-refractivity contribution in [1.82, 2.24) is 4.90 Å². The lowest BCUT2D eigenvalue weighted by molar-refractivity contribution is 0.238. The van der Waals surface area contributed by atoms with Gasteiger partial charge in [0.1, 0.15) is 5.82 Å². The van der Waals surface area contributed by atoms with Crippen LogP contribution in [0.3, 0.4) is 0 Å². The minimum atomic E-state index is -0.160. The number of benzene rings is 1. The highest BCUT2D eigenvalue weighted by molar-refractivity contribution is 9.10. The molecule has 0 bridgehead atoms. The maximum absolute atomic E-state index is 13.5. The molecule has 0 amide bonds. The van der Waals surface area contributed by atoms with E-state index in [1.54, 1.807) is 6.07 Å². The van der Waals surface area contributed by atoms with Gasteiger partial charge in [0.15, 0.2) is 0 Å². The molecule has 0 radical (unpaired) electrons. The zero-order valence-corrected chi connectivity index (χ0v) is 12.7. The van der Waals surface area contributed by atoms with Crippen molar-refractivity contribution in [3.8, 4) is 0 Å². The first-order valence-corrected chi connectivity index (χ1v) is 7.54. The first-order chi connectivity index (χ1) is 8.58. The molecule has 0 N–H and O–H groups in total. The third-order valence-electron chi connectivity index (χ3n) is 3.46. The maximum Gasteiger partial charge on any atom is 0.137 e. The number of nitrogens with zero attached hydrogens (tertiary/aromatic N) is 1. The van der Waals surface area contributed by atoms with E-state index in [0.29, 0.717) is 4.47 Å². The molecule has 0 spiro atoms. The number of halogens is 2. The summed E-state index contributed by atoms with van der Waals surface area (Å²) in [7, 11) is 0. The molecule has 18 heavy (non-hydrogen) atoms. The summed E-state index contributed by atoms with van der Waals surface area (Å²) in [6.07, 6.45) is 3.81. The van der Waals surface area contributed by atoms with Gasteiger partial charge in [-0.1, -0.05) is 26.0 Å². The Bertz CT molecular complexity index is 401. The Hall–Kier alpha value is -0.410. The van der Waals surface area contributed by atoms with Gasteiger partial charge >= 0.3 is 0 Å².